The Balaban J connectivity index is 2.54. The van der Waals surface area contributed by atoms with Crippen LogP contribution in [0.15, 0.2) is 4.42 Å². The van der Waals surface area contributed by atoms with Gasteiger partial charge in [-0.3, -0.25) is 9.69 Å². The fourth-order valence-corrected chi connectivity index (χ4v) is 1.33. The Morgan fingerprint density at radius 3 is 2.62 bits per heavy atom. The maximum absolute atomic E-state index is 10.5. The topological polar surface area (TPSA) is 79.5 Å². The summed E-state index contributed by atoms with van der Waals surface area (Å²) in [5.74, 6) is 0.251. The van der Waals surface area contributed by atoms with Crippen LogP contribution in [0.1, 0.15) is 32.0 Å². The molecular weight excluding hydrogens is 210 g/mol. The molecule has 0 saturated carbocycles. The highest BCUT2D eigenvalue weighted by Gasteiger charge is 2.14. The van der Waals surface area contributed by atoms with E-state index in [9.17, 15) is 4.79 Å². The second-order valence-corrected chi connectivity index (χ2v) is 3.92. The largest absolute Gasteiger partial charge is 0.481 e. The van der Waals surface area contributed by atoms with Crippen molar-refractivity contribution < 1.29 is 14.3 Å². The van der Waals surface area contributed by atoms with Gasteiger partial charge in [-0.25, -0.2) is 0 Å². The molecule has 16 heavy (non-hydrogen) atoms. The van der Waals surface area contributed by atoms with Crippen molar-refractivity contribution in [2.75, 3.05) is 6.54 Å². The molecule has 0 unspecified atom stereocenters. The van der Waals surface area contributed by atoms with Crippen molar-refractivity contribution in [3.8, 4) is 0 Å². The Bertz CT molecular complexity index is 349. The molecule has 90 valence electrons. The van der Waals surface area contributed by atoms with Crippen molar-refractivity contribution in [1.82, 2.24) is 15.1 Å². The van der Waals surface area contributed by atoms with Crippen LogP contribution >= 0.6 is 0 Å². The summed E-state index contributed by atoms with van der Waals surface area (Å²) in [5.41, 5.74) is 0. The minimum Gasteiger partial charge on any atom is -0.481 e. The molecular formula is C10H17N3O3. The molecule has 0 radical (unpaired) electrons. The normalized spacial score (nSPS) is 11.3. The highest BCUT2D eigenvalue weighted by Crippen LogP contribution is 2.07. The Morgan fingerprint density at radius 1 is 1.50 bits per heavy atom. The monoisotopic (exact) mass is 227 g/mol. The highest BCUT2D eigenvalue weighted by molar-refractivity contribution is 5.66. The van der Waals surface area contributed by atoms with Crippen LogP contribution in [0.2, 0.25) is 0 Å². The van der Waals surface area contributed by atoms with E-state index < -0.39 is 5.97 Å². The van der Waals surface area contributed by atoms with Crippen LogP contribution in [0.4, 0.5) is 0 Å². The molecule has 0 atom stereocenters. The lowest BCUT2D eigenvalue weighted by Crippen LogP contribution is -2.32. The van der Waals surface area contributed by atoms with Gasteiger partial charge in [0.15, 0.2) is 0 Å². The lowest BCUT2D eigenvalue weighted by molar-refractivity contribution is -0.137. The predicted octanol–water partition coefficient (Wildman–Crippen LogP) is 1.06. The molecule has 0 bridgehead atoms. The number of aromatic nitrogens is 2. The smallest absolute Gasteiger partial charge is 0.304 e. The summed E-state index contributed by atoms with van der Waals surface area (Å²) in [5, 5.41) is 16.3. The number of carbonyl (C=O) groups is 1. The fourth-order valence-electron chi connectivity index (χ4n) is 1.33. The number of rotatable bonds is 6. The molecule has 0 aliphatic heterocycles. The van der Waals surface area contributed by atoms with Gasteiger partial charge in [-0.2, -0.15) is 0 Å². The number of hydrogen-bond donors (Lipinski definition) is 1. The lowest BCUT2D eigenvalue weighted by Gasteiger charge is -2.23. The van der Waals surface area contributed by atoms with E-state index in [-0.39, 0.29) is 12.5 Å². The fraction of sp³-hybridized carbons (Fsp3) is 0.700. The first-order chi connectivity index (χ1) is 7.49. The van der Waals surface area contributed by atoms with Gasteiger partial charge < -0.3 is 9.52 Å². The van der Waals surface area contributed by atoms with E-state index in [0.29, 0.717) is 24.9 Å². The van der Waals surface area contributed by atoms with Gasteiger partial charge in [0.25, 0.3) is 0 Å². The zero-order valence-electron chi connectivity index (χ0n) is 9.80. The second-order valence-electron chi connectivity index (χ2n) is 3.92. The zero-order valence-corrected chi connectivity index (χ0v) is 9.80. The van der Waals surface area contributed by atoms with Gasteiger partial charge in [0.1, 0.15) is 0 Å². The minimum absolute atomic E-state index is 0.116. The van der Waals surface area contributed by atoms with E-state index in [1.165, 1.54) is 0 Å². The number of carboxylic acids is 1. The third kappa shape index (κ3) is 3.98. The molecule has 1 aromatic heterocycles. The molecule has 0 fully saturated rings. The second kappa shape index (κ2) is 5.60. The number of nitrogens with zero attached hydrogens (tertiary/aromatic N) is 3. The van der Waals surface area contributed by atoms with Crippen LogP contribution in [0.25, 0.3) is 0 Å². The quantitative estimate of drug-likeness (QED) is 0.782. The van der Waals surface area contributed by atoms with E-state index >= 15 is 0 Å². The van der Waals surface area contributed by atoms with Crippen LogP contribution in [0, 0.1) is 6.92 Å². The molecule has 1 N–H and O–H groups in total. The highest BCUT2D eigenvalue weighted by atomic mass is 16.4. The van der Waals surface area contributed by atoms with Gasteiger partial charge >= 0.3 is 5.97 Å². The summed E-state index contributed by atoms with van der Waals surface area (Å²) in [4.78, 5) is 12.5. The summed E-state index contributed by atoms with van der Waals surface area (Å²) in [6, 6.07) is 0.242. The Hall–Kier alpha value is -1.43. The molecule has 0 saturated heterocycles. The molecule has 1 aromatic rings. The first-order valence-electron chi connectivity index (χ1n) is 5.24. The van der Waals surface area contributed by atoms with Gasteiger partial charge in [-0.15, -0.1) is 10.2 Å². The average molecular weight is 227 g/mol. The maximum Gasteiger partial charge on any atom is 0.304 e. The van der Waals surface area contributed by atoms with Crippen molar-refractivity contribution in [2.24, 2.45) is 0 Å². The Labute approximate surface area is 94.3 Å². The van der Waals surface area contributed by atoms with Gasteiger partial charge in [0, 0.05) is 19.5 Å². The molecule has 0 aromatic carbocycles. The van der Waals surface area contributed by atoms with Crippen LogP contribution in [-0.4, -0.2) is 38.8 Å². The summed E-state index contributed by atoms with van der Waals surface area (Å²) in [6.07, 6.45) is 0.116. The van der Waals surface area contributed by atoms with Crippen molar-refractivity contribution in [2.45, 2.75) is 39.8 Å². The van der Waals surface area contributed by atoms with E-state index in [1.807, 2.05) is 18.7 Å². The molecule has 0 aliphatic rings. The minimum atomic E-state index is -0.799. The van der Waals surface area contributed by atoms with Crippen molar-refractivity contribution >= 4 is 5.97 Å². The lowest BCUT2D eigenvalue weighted by atomic mass is 10.3. The Morgan fingerprint density at radius 2 is 2.19 bits per heavy atom. The van der Waals surface area contributed by atoms with Crippen molar-refractivity contribution in [1.29, 1.82) is 0 Å². The van der Waals surface area contributed by atoms with Crippen LogP contribution in [-0.2, 0) is 11.3 Å². The number of carboxylic acid groups (broad SMARTS) is 1. The zero-order chi connectivity index (χ0) is 12.1. The Kier molecular flexibility index (Phi) is 4.42. The number of aliphatic carboxylic acids is 1. The van der Waals surface area contributed by atoms with Gasteiger partial charge in [-0.1, -0.05) is 0 Å². The van der Waals surface area contributed by atoms with Crippen molar-refractivity contribution in [3.63, 3.8) is 0 Å². The van der Waals surface area contributed by atoms with E-state index in [0.717, 1.165) is 0 Å². The molecule has 0 amide bonds. The third-order valence-electron chi connectivity index (χ3n) is 2.25. The van der Waals surface area contributed by atoms with Gasteiger partial charge in [0.2, 0.25) is 11.8 Å². The molecule has 1 heterocycles. The maximum atomic E-state index is 10.5. The first-order valence-corrected chi connectivity index (χ1v) is 5.24. The number of aryl methyl sites for hydroxylation is 1. The van der Waals surface area contributed by atoms with Crippen LogP contribution in [0.3, 0.4) is 0 Å². The van der Waals surface area contributed by atoms with E-state index in [1.54, 1.807) is 6.92 Å². The molecule has 1 rings (SSSR count). The summed E-state index contributed by atoms with van der Waals surface area (Å²) in [7, 11) is 0. The molecule has 0 aliphatic carbocycles. The summed E-state index contributed by atoms with van der Waals surface area (Å²) >= 11 is 0. The van der Waals surface area contributed by atoms with Crippen molar-refractivity contribution in [3.05, 3.63) is 11.8 Å². The van der Waals surface area contributed by atoms with E-state index in [2.05, 4.69) is 10.2 Å². The third-order valence-corrected chi connectivity index (χ3v) is 2.25. The van der Waals surface area contributed by atoms with Crippen LogP contribution < -0.4 is 0 Å². The van der Waals surface area contributed by atoms with Gasteiger partial charge in [-0.05, 0) is 13.8 Å². The van der Waals surface area contributed by atoms with E-state index in [4.69, 9.17) is 9.52 Å². The van der Waals surface area contributed by atoms with Gasteiger partial charge in [0.05, 0.1) is 13.0 Å². The average Bonchev–Trinajstić information content (AvgIpc) is 2.57. The summed E-state index contributed by atoms with van der Waals surface area (Å²) < 4.78 is 5.26. The summed E-state index contributed by atoms with van der Waals surface area (Å²) in [6.45, 7) is 6.71. The van der Waals surface area contributed by atoms with Crippen LogP contribution in [0.5, 0.6) is 0 Å². The molecule has 6 heteroatoms. The SMILES string of the molecule is Cc1nnc(CN(CCC(=O)O)C(C)C)o1. The molecule has 6 nitrogen and oxygen atoms in total. The first kappa shape index (κ1) is 12.6. The predicted molar refractivity (Wildman–Crippen MR) is 56.8 cm³/mol. The molecule has 0 spiro atoms. The standard InChI is InChI=1S/C10H17N3O3/c1-7(2)13(5-4-10(14)15)6-9-12-11-8(3)16-9/h7H,4-6H2,1-3H3,(H,14,15). The number of hydrogen-bond acceptors (Lipinski definition) is 5.